The van der Waals surface area contributed by atoms with Gasteiger partial charge in [-0.15, -0.1) is 0 Å². The van der Waals surface area contributed by atoms with Crippen LogP contribution in [0, 0.1) is 0 Å². The second kappa shape index (κ2) is 28.6. The minimum absolute atomic E-state index is 0.0953. The molecule has 0 radical (unpaired) electrons. The largest absolute Gasteiger partial charge is 0.477 e. The number of hydrogen-bond donors (Lipinski definition) is 4. The maximum Gasteiger partial charge on any atom is 0.354 e. The zero-order valence-electron chi connectivity index (χ0n) is 42.2. The summed E-state index contributed by atoms with van der Waals surface area (Å²) in [7, 11) is 0. The Balaban J connectivity index is 0.000000214. The summed E-state index contributed by atoms with van der Waals surface area (Å²) in [5.74, 6) is -3.97. The predicted octanol–water partition coefficient (Wildman–Crippen LogP) is 3.57. The summed E-state index contributed by atoms with van der Waals surface area (Å²) in [6.45, 7) is 22.3. The zero-order valence-corrected chi connectivity index (χ0v) is 42.2. The molecule has 4 saturated heterocycles. The van der Waals surface area contributed by atoms with Gasteiger partial charge in [0, 0.05) is 91.6 Å². The van der Waals surface area contributed by atoms with Crippen LogP contribution < -0.4 is 0 Å². The zero-order chi connectivity index (χ0) is 51.4. The number of carboxylic acids is 4. The van der Waals surface area contributed by atoms with Gasteiger partial charge in [-0.25, -0.2) is 39.1 Å². The van der Waals surface area contributed by atoms with E-state index in [9.17, 15) is 39.6 Å². The van der Waals surface area contributed by atoms with Gasteiger partial charge >= 0.3 is 23.9 Å². The van der Waals surface area contributed by atoms with Crippen LogP contribution in [0.3, 0.4) is 0 Å². The Kier molecular flexibility index (Phi) is 21.5. The van der Waals surface area contributed by atoms with Gasteiger partial charge in [0.25, 0.3) is 0 Å². The molecule has 0 aliphatic carbocycles. The molecular weight excluding hydrogens is 933 g/mol. The Bertz CT molecular complexity index is 2250. The summed E-state index contributed by atoms with van der Waals surface area (Å²) >= 11 is 0. The number of nitrogens with zero attached hydrogens (tertiary/aromatic N) is 12. The average Bonchev–Trinajstić information content (AvgIpc) is 3.45. The first-order chi connectivity index (χ1) is 35.4. The van der Waals surface area contributed by atoms with Crippen LogP contribution in [0.4, 0.5) is 0 Å². The number of fused-ring (bicyclic) bond motifs is 7. The number of carbonyl (C=O) groups is 4. The molecule has 73 heavy (non-hydrogen) atoms. The number of aromatic nitrogens is 4. The molecule has 4 fully saturated rings. The Labute approximate surface area is 428 Å². The van der Waals surface area contributed by atoms with Crippen LogP contribution in [-0.4, -0.2) is 234 Å². The number of rotatable bonds is 12. The van der Waals surface area contributed by atoms with Gasteiger partial charge in [0.2, 0.25) is 0 Å². The lowest BCUT2D eigenvalue weighted by molar-refractivity contribution is 0.0679. The standard InChI is InChI=1S/C27H38N6O4.C26H36N6O4/c34-26(35)24-8-1-6-22(28-24)20-32-14-4-12-31-11-3-10-30(16-18-32)13-5-15-33(19-17-31)21-23-7-2-9-25(29-23)27(36)37;33-25(34)23-7-1-5-21(27-23)19-31-11-3-9-30-14-13-29(15-17-31)10-4-12-32(18-16-30)20-22-6-2-8-24(28-22)26(35)36/h1-2,6-9H,3-5,10-21H2,(H,34,35)(H,36,37);1-2,5-8H,3-4,9-20H2,(H,33,34)(H,35,36). The predicted molar refractivity (Wildman–Crippen MR) is 275 cm³/mol. The number of aromatic carboxylic acids is 4. The lowest BCUT2D eigenvalue weighted by Gasteiger charge is -2.35. The molecule has 0 amide bonds. The fourth-order valence-corrected chi connectivity index (χ4v) is 10.1. The maximum atomic E-state index is 11.3. The molecule has 4 aliphatic heterocycles. The second-order valence-electron chi connectivity index (χ2n) is 19.5. The van der Waals surface area contributed by atoms with Crippen LogP contribution in [0.2, 0.25) is 0 Å². The Morgan fingerprint density at radius 2 is 0.507 bits per heavy atom. The van der Waals surface area contributed by atoms with Gasteiger partial charge in [-0.3, -0.25) is 19.6 Å². The number of hydrogen-bond acceptors (Lipinski definition) is 16. The normalized spacial score (nSPS) is 22.7. The van der Waals surface area contributed by atoms with Crippen molar-refractivity contribution >= 4 is 23.9 Å². The molecule has 0 saturated carbocycles. The summed E-state index contributed by atoms with van der Waals surface area (Å²) in [5.41, 5.74) is 3.59. The van der Waals surface area contributed by atoms with E-state index in [1.807, 2.05) is 24.3 Å². The monoisotopic (exact) mass is 1010 g/mol. The Hall–Kier alpha value is -5.84. The molecule has 8 heterocycles. The molecule has 4 unspecified atom stereocenters. The minimum atomic E-state index is -0.992. The third-order valence-electron chi connectivity index (χ3n) is 14.1. The van der Waals surface area contributed by atoms with Crippen molar-refractivity contribution in [3.63, 3.8) is 0 Å². The van der Waals surface area contributed by atoms with Gasteiger partial charge in [-0.1, -0.05) is 24.3 Å². The highest BCUT2D eigenvalue weighted by molar-refractivity contribution is 5.86. The van der Waals surface area contributed by atoms with Crippen LogP contribution in [0.15, 0.2) is 72.8 Å². The van der Waals surface area contributed by atoms with Crippen molar-refractivity contribution in [3.05, 3.63) is 118 Å². The highest BCUT2D eigenvalue weighted by atomic mass is 16.4. The highest BCUT2D eigenvalue weighted by Crippen LogP contribution is 2.14. The van der Waals surface area contributed by atoms with E-state index in [2.05, 4.69) is 59.1 Å². The highest BCUT2D eigenvalue weighted by Gasteiger charge is 2.22. The van der Waals surface area contributed by atoms with Crippen LogP contribution in [0.1, 0.15) is 96.8 Å². The number of pyridine rings is 4. The summed E-state index contributed by atoms with van der Waals surface area (Å²) in [4.78, 5) is 82.3. The first-order valence-corrected chi connectivity index (χ1v) is 26.0. The lowest BCUT2D eigenvalue weighted by Crippen LogP contribution is -2.46. The van der Waals surface area contributed by atoms with Crippen LogP contribution in [0.25, 0.3) is 0 Å². The molecule has 394 valence electrons. The first kappa shape index (κ1) is 54.9. The smallest absolute Gasteiger partial charge is 0.354 e. The molecule has 0 aromatic carbocycles. The molecule has 8 rings (SSSR count). The van der Waals surface area contributed by atoms with E-state index >= 15 is 0 Å². The van der Waals surface area contributed by atoms with Gasteiger partial charge in [0.15, 0.2) is 0 Å². The molecule has 4 N–H and O–H groups in total. The Morgan fingerprint density at radius 1 is 0.301 bits per heavy atom. The number of carboxylic acid groups (broad SMARTS) is 4. The summed E-state index contributed by atoms with van der Waals surface area (Å²) in [5, 5.41) is 37.1. The van der Waals surface area contributed by atoms with Gasteiger partial charge in [0.05, 0.1) is 22.8 Å². The van der Waals surface area contributed by atoms with E-state index in [1.54, 1.807) is 36.4 Å². The quantitative estimate of drug-likeness (QED) is 0.159. The van der Waals surface area contributed by atoms with E-state index in [-0.39, 0.29) is 22.8 Å². The molecule has 4 atom stereocenters. The first-order valence-electron chi connectivity index (χ1n) is 26.0. The van der Waals surface area contributed by atoms with Crippen LogP contribution in [0.5, 0.6) is 0 Å². The van der Waals surface area contributed by atoms with Crippen molar-refractivity contribution in [1.82, 2.24) is 59.1 Å². The molecule has 4 bridgehead atoms. The fraction of sp³-hybridized carbons (Fsp3) is 0.547. The molecule has 4 aromatic heterocycles. The van der Waals surface area contributed by atoms with E-state index in [4.69, 9.17) is 0 Å². The van der Waals surface area contributed by atoms with Crippen molar-refractivity contribution in [2.75, 3.05) is 131 Å². The average molecular weight is 1010 g/mol. The SMILES string of the molecule is O=C(O)c1cccc(CN2CCCN3CCCN(CCCN(Cc4cccc(C(=O)O)n4)CC3)CC2)n1.O=C(O)c1cccc(CN2CCCN3CCN(CCCN(Cc4cccc(C(=O)O)n4)CC3)CC2)n1. The topological polar surface area (TPSA) is 227 Å². The van der Waals surface area contributed by atoms with Gasteiger partial charge in [-0.2, -0.15) is 0 Å². The van der Waals surface area contributed by atoms with Gasteiger partial charge in [0.1, 0.15) is 22.8 Å². The van der Waals surface area contributed by atoms with Crippen molar-refractivity contribution in [1.29, 1.82) is 0 Å². The maximum absolute atomic E-state index is 11.3. The van der Waals surface area contributed by atoms with Crippen LogP contribution in [-0.2, 0) is 26.2 Å². The molecule has 20 heteroatoms. The molecule has 0 spiro atoms. The van der Waals surface area contributed by atoms with E-state index in [0.717, 1.165) is 186 Å². The van der Waals surface area contributed by atoms with Crippen LogP contribution >= 0.6 is 0 Å². The second-order valence-corrected chi connectivity index (χ2v) is 19.5. The Morgan fingerprint density at radius 3 is 0.740 bits per heavy atom. The van der Waals surface area contributed by atoms with Crippen molar-refractivity contribution in [2.24, 2.45) is 0 Å². The molecule has 4 aliphatic rings. The molecule has 20 nitrogen and oxygen atoms in total. The van der Waals surface area contributed by atoms with Gasteiger partial charge < -0.3 is 40.0 Å². The molecular formula is C53H74N12O8. The third-order valence-corrected chi connectivity index (χ3v) is 14.1. The van der Waals surface area contributed by atoms with E-state index in [0.29, 0.717) is 26.2 Å². The van der Waals surface area contributed by atoms with Crippen molar-refractivity contribution in [2.45, 2.75) is 58.3 Å². The fourth-order valence-electron chi connectivity index (χ4n) is 10.1. The summed E-state index contributed by atoms with van der Waals surface area (Å²) < 4.78 is 0. The van der Waals surface area contributed by atoms with E-state index < -0.39 is 23.9 Å². The van der Waals surface area contributed by atoms with Crippen molar-refractivity contribution < 1.29 is 39.6 Å². The lowest BCUT2D eigenvalue weighted by atomic mass is 10.2. The van der Waals surface area contributed by atoms with Crippen molar-refractivity contribution in [3.8, 4) is 0 Å². The third kappa shape index (κ3) is 18.6. The van der Waals surface area contributed by atoms with E-state index in [1.165, 1.54) is 12.1 Å². The summed E-state index contributed by atoms with van der Waals surface area (Å²) in [6.07, 6.45) is 5.31. The summed E-state index contributed by atoms with van der Waals surface area (Å²) in [6, 6.07) is 20.9. The molecule has 4 aromatic rings. The minimum Gasteiger partial charge on any atom is -0.477 e. The van der Waals surface area contributed by atoms with Gasteiger partial charge in [-0.05, 0) is 146 Å².